The highest BCUT2D eigenvalue weighted by Crippen LogP contribution is 2.43. The Bertz CT molecular complexity index is 4350. The van der Waals surface area contributed by atoms with Crippen LogP contribution in [0.5, 0.6) is 0 Å². The molecule has 342 valence electrons. The van der Waals surface area contributed by atoms with Gasteiger partial charge < -0.3 is 13.9 Å². The Morgan fingerprint density at radius 2 is 0.795 bits per heavy atom. The van der Waals surface area contributed by atoms with Crippen molar-refractivity contribution < 1.29 is 4.42 Å². The molecular formula is C70H46N2O. The van der Waals surface area contributed by atoms with Crippen molar-refractivity contribution in [3.63, 3.8) is 0 Å². The van der Waals surface area contributed by atoms with Gasteiger partial charge in [0.25, 0.3) is 0 Å². The molecule has 0 unspecified atom stereocenters. The highest BCUT2D eigenvalue weighted by atomic mass is 16.3. The van der Waals surface area contributed by atoms with Crippen molar-refractivity contribution in [2.45, 2.75) is 0 Å². The van der Waals surface area contributed by atoms with E-state index in [1.165, 1.54) is 60.5 Å². The minimum Gasteiger partial charge on any atom is -0.454 e. The maximum Gasteiger partial charge on any atom is 0.159 e. The lowest BCUT2D eigenvalue weighted by Crippen LogP contribution is -2.10. The minimum absolute atomic E-state index is 0.888. The highest BCUT2D eigenvalue weighted by Gasteiger charge is 2.21. The smallest absolute Gasteiger partial charge is 0.159 e. The molecule has 0 fully saturated rings. The van der Waals surface area contributed by atoms with E-state index < -0.39 is 0 Å². The number of benzene rings is 12. The van der Waals surface area contributed by atoms with Gasteiger partial charge in [-0.25, -0.2) is 0 Å². The molecule has 0 atom stereocenters. The molecule has 12 aromatic carbocycles. The van der Waals surface area contributed by atoms with Gasteiger partial charge in [0.05, 0.1) is 16.7 Å². The van der Waals surface area contributed by atoms with Crippen molar-refractivity contribution in [3.05, 3.63) is 279 Å². The van der Waals surface area contributed by atoms with E-state index >= 15 is 0 Å². The second-order valence-corrected chi connectivity index (χ2v) is 18.8. The monoisotopic (exact) mass is 930 g/mol. The van der Waals surface area contributed by atoms with Crippen LogP contribution in [0.25, 0.3) is 116 Å². The largest absolute Gasteiger partial charge is 0.454 e. The Morgan fingerprint density at radius 1 is 0.288 bits per heavy atom. The third-order valence-electron chi connectivity index (χ3n) is 14.6. The van der Waals surface area contributed by atoms with Gasteiger partial charge in [-0.2, -0.15) is 0 Å². The van der Waals surface area contributed by atoms with E-state index in [-0.39, 0.29) is 0 Å². The van der Waals surface area contributed by atoms with Crippen LogP contribution in [-0.2, 0) is 0 Å². The zero-order chi connectivity index (χ0) is 48.2. The average molecular weight is 931 g/mol. The molecule has 0 saturated carbocycles. The van der Waals surface area contributed by atoms with Crippen LogP contribution in [0, 0.1) is 0 Å². The molecule has 0 aliphatic rings. The lowest BCUT2D eigenvalue weighted by molar-refractivity contribution is 0.666. The predicted octanol–water partition coefficient (Wildman–Crippen LogP) is 19.6. The summed E-state index contributed by atoms with van der Waals surface area (Å²) in [7, 11) is 0. The number of nitrogens with zero attached hydrogens (tertiary/aromatic N) is 2. The molecule has 73 heavy (non-hydrogen) atoms. The summed E-state index contributed by atoms with van der Waals surface area (Å²) in [5.41, 5.74) is 20.1. The van der Waals surface area contributed by atoms with Gasteiger partial charge in [0, 0.05) is 38.6 Å². The Kier molecular flexibility index (Phi) is 10.2. The van der Waals surface area contributed by atoms with Crippen molar-refractivity contribution >= 4 is 71.6 Å². The number of furan rings is 1. The van der Waals surface area contributed by atoms with Crippen molar-refractivity contribution in [1.29, 1.82) is 0 Å². The molecule has 0 radical (unpaired) electrons. The van der Waals surface area contributed by atoms with Gasteiger partial charge in [0.15, 0.2) is 5.58 Å². The summed E-state index contributed by atoms with van der Waals surface area (Å²) in [5, 5.41) is 7.17. The zero-order valence-corrected chi connectivity index (χ0v) is 39.9. The summed E-state index contributed by atoms with van der Waals surface area (Å²) >= 11 is 0. The fourth-order valence-corrected chi connectivity index (χ4v) is 11.1. The number of anilines is 3. The lowest BCUT2D eigenvalue weighted by atomic mass is 9.95. The molecule has 0 saturated heterocycles. The van der Waals surface area contributed by atoms with E-state index in [2.05, 4.69) is 282 Å². The van der Waals surface area contributed by atoms with Gasteiger partial charge in [-0.05, 0) is 133 Å². The van der Waals surface area contributed by atoms with Crippen LogP contribution in [0.2, 0.25) is 0 Å². The standard InChI is InChI=1S/C70H46N2O/c1-2-15-47(16-3-1)49-37-41-56(42-38-49)71(57-43-39-50(40-44-57)48-33-35-52(36-34-48)60-26-12-18-51-17-4-5-23-59(51)60)58-22-11-20-54(46-58)53-19-10-21-55(45-53)61-27-13-30-66-69(61)64-25-6-8-29-65(64)72(66)67-31-14-28-63-62-24-7-9-32-68(62)73-70(63)67/h1-46H. The third-order valence-corrected chi connectivity index (χ3v) is 14.6. The molecule has 0 bridgehead atoms. The van der Waals surface area contributed by atoms with Crippen LogP contribution in [0.3, 0.4) is 0 Å². The van der Waals surface area contributed by atoms with Crippen molar-refractivity contribution in [2.24, 2.45) is 0 Å². The molecule has 14 aromatic rings. The van der Waals surface area contributed by atoms with Gasteiger partial charge >= 0.3 is 0 Å². The number of aromatic nitrogens is 1. The molecule has 0 spiro atoms. The van der Waals surface area contributed by atoms with Crippen LogP contribution >= 0.6 is 0 Å². The van der Waals surface area contributed by atoms with E-state index in [4.69, 9.17) is 4.42 Å². The summed E-state index contributed by atoms with van der Waals surface area (Å²) in [6.07, 6.45) is 0. The second kappa shape index (κ2) is 17.6. The molecule has 0 N–H and O–H groups in total. The molecule has 3 heteroatoms. The summed E-state index contributed by atoms with van der Waals surface area (Å²) in [6, 6.07) is 101. The van der Waals surface area contributed by atoms with E-state index in [0.29, 0.717) is 0 Å². The molecule has 0 aliphatic heterocycles. The van der Waals surface area contributed by atoms with E-state index in [9.17, 15) is 0 Å². The van der Waals surface area contributed by atoms with E-state index in [1.807, 2.05) is 6.07 Å². The van der Waals surface area contributed by atoms with Gasteiger partial charge in [0.1, 0.15) is 5.58 Å². The SMILES string of the molecule is c1ccc(-c2ccc(N(c3ccc(-c4ccc(-c5cccc6ccccc56)cc4)cc3)c3cccc(-c4cccc(-c5cccc6c5c5ccccc5n6-c5cccc6c5oc5ccccc56)c4)c3)cc2)cc1. The number of para-hydroxylation sites is 3. The first-order valence-electron chi connectivity index (χ1n) is 25.0. The number of hydrogen-bond donors (Lipinski definition) is 0. The number of rotatable bonds is 9. The quantitative estimate of drug-likeness (QED) is 0.144. The maximum atomic E-state index is 6.62. The Morgan fingerprint density at radius 3 is 1.58 bits per heavy atom. The summed E-state index contributed by atoms with van der Waals surface area (Å²) in [6.45, 7) is 0. The first-order chi connectivity index (χ1) is 36.2. The Hall–Kier alpha value is -9.70. The molecule has 14 rings (SSSR count). The molecular weight excluding hydrogens is 885 g/mol. The normalized spacial score (nSPS) is 11.6. The van der Waals surface area contributed by atoms with Gasteiger partial charge in [-0.3, -0.25) is 0 Å². The second-order valence-electron chi connectivity index (χ2n) is 18.8. The predicted molar refractivity (Wildman–Crippen MR) is 307 cm³/mol. The topological polar surface area (TPSA) is 21.3 Å². The Labute approximate surface area is 423 Å². The van der Waals surface area contributed by atoms with Crippen molar-refractivity contribution in [2.75, 3.05) is 4.90 Å². The zero-order valence-electron chi connectivity index (χ0n) is 39.9. The number of hydrogen-bond acceptors (Lipinski definition) is 2. The lowest BCUT2D eigenvalue weighted by Gasteiger charge is -2.26. The van der Waals surface area contributed by atoms with Gasteiger partial charge in [-0.1, -0.05) is 212 Å². The van der Waals surface area contributed by atoms with Crippen molar-refractivity contribution in [1.82, 2.24) is 4.57 Å². The maximum absolute atomic E-state index is 6.62. The fourth-order valence-electron chi connectivity index (χ4n) is 11.1. The Balaban J connectivity index is 0.838. The first-order valence-corrected chi connectivity index (χ1v) is 25.0. The third kappa shape index (κ3) is 7.37. The average Bonchev–Trinajstić information content (AvgIpc) is 4.02. The summed E-state index contributed by atoms with van der Waals surface area (Å²) in [5.74, 6) is 0. The first kappa shape index (κ1) is 42.2. The van der Waals surface area contributed by atoms with Crippen LogP contribution < -0.4 is 4.90 Å². The summed E-state index contributed by atoms with van der Waals surface area (Å²) in [4.78, 5) is 2.37. The molecule has 3 nitrogen and oxygen atoms in total. The van der Waals surface area contributed by atoms with Crippen molar-refractivity contribution in [3.8, 4) is 61.3 Å². The van der Waals surface area contributed by atoms with Crippen LogP contribution in [0.1, 0.15) is 0 Å². The molecule has 2 aromatic heterocycles. The van der Waals surface area contributed by atoms with Crippen LogP contribution in [-0.4, -0.2) is 4.57 Å². The fraction of sp³-hybridized carbons (Fsp3) is 0. The van der Waals surface area contributed by atoms with Crippen LogP contribution in [0.4, 0.5) is 17.1 Å². The van der Waals surface area contributed by atoms with Gasteiger partial charge in [-0.15, -0.1) is 0 Å². The molecule has 0 amide bonds. The molecule has 2 heterocycles. The van der Waals surface area contributed by atoms with Gasteiger partial charge in [0.2, 0.25) is 0 Å². The minimum atomic E-state index is 0.888. The number of fused-ring (bicyclic) bond motifs is 7. The van der Waals surface area contributed by atoms with Crippen LogP contribution in [0.15, 0.2) is 283 Å². The van der Waals surface area contributed by atoms with E-state index in [0.717, 1.165) is 72.4 Å². The summed E-state index contributed by atoms with van der Waals surface area (Å²) < 4.78 is 8.99. The molecule has 0 aliphatic carbocycles. The highest BCUT2D eigenvalue weighted by molar-refractivity contribution is 6.17. The van der Waals surface area contributed by atoms with E-state index in [1.54, 1.807) is 0 Å².